The molecule has 12 heteroatoms. The molecule has 198 valence electrons. The summed E-state index contributed by atoms with van der Waals surface area (Å²) in [6.45, 7) is 2.57. The van der Waals surface area contributed by atoms with E-state index in [4.69, 9.17) is 0 Å². The van der Waals surface area contributed by atoms with E-state index in [0.717, 1.165) is 24.0 Å². The Morgan fingerprint density at radius 1 is 0.919 bits per heavy atom. The maximum atomic E-state index is 13.4. The lowest BCUT2D eigenvalue weighted by atomic mass is 10.1. The van der Waals surface area contributed by atoms with Gasteiger partial charge in [0, 0.05) is 6.26 Å². The fourth-order valence-corrected chi connectivity index (χ4v) is 5.54. The van der Waals surface area contributed by atoms with Crippen molar-refractivity contribution >= 4 is 31.5 Å². The molecule has 3 rings (SSSR count). The zero-order valence-electron chi connectivity index (χ0n) is 20.2. The van der Waals surface area contributed by atoms with Crippen molar-refractivity contribution in [1.82, 2.24) is 5.32 Å². The summed E-state index contributed by atoms with van der Waals surface area (Å²) in [6, 6.07) is 14.6. The standard InChI is InChI=1S/C25H25F3N2O5S2/c1-17-7-11-23(12-8-17)37(34,35)30(21-6-4-5-20(15-21)25(26,27)28)16-24(31)29-18(2)19-9-13-22(14-10-19)36(3,32)33/h4-15,18H,16H2,1-3H3,(H,29,31)/t18-/m0/s1. The average Bonchev–Trinajstić information content (AvgIpc) is 2.82. The molecule has 0 radical (unpaired) electrons. The monoisotopic (exact) mass is 554 g/mol. The van der Waals surface area contributed by atoms with Gasteiger partial charge in [-0.25, -0.2) is 16.8 Å². The lowest BCUT2D eigenvalue weighted by Gasteiger charge is -2.26. The van der Waals surface area contributed by atoms with Gasteiger partial charge >= 0.3 is 6.18 Å². The van der Waals surface area contributed by atoms with E-state index in [9.17, 15) is 34.8 Å². The Balaban J connectivity index is 1.93. The van der Waals surface area contributed by atoms with Crippen LogP contribution in [-0.2, 0) is 30.8 Å². The van der Waals surface area contributed by atoms with E-state index in [0.29, 0.717) is 15.9 Å². The molecule has 0 saturated carbocycles. The van der Waals surface area contributed by atoms with Crippen molar-refractivity contribution in [3.8, 4) is 0 Å². The van der Waals surface area contributed by atoms with Crippen LogP contribution in [0.25, 0.3) is 0 Å². The van der Waals surface area contributed by atoms with Crippen LogP contribution < -0.4 is 9.62 Å². The molecule has 0 fully saturated rings. The largest absolute Gasteiger partial charge is 0.416 e. The summed E-state index contributed by atoms with van der Waals surface area (Å²) in [4.78, 5) is 12.8. The number of hydrogen-bond acceptors (Lipinski definition) is 5. The molecular formula is C25H25F3N2O5S2. The van der Waals surface area contributed by atoms with Gasteiger partial charge in [-0.3, -0.25) is 9.10 Å². The van der Waals surface area contributed by atoms with Crippen molar-refractivity contribution in [3.63, 3.8) is 0 Å². The van der Waals surface area contributed by atoms with Gasteiger partial charge in [-0.05, 0) is 61.9 Å². The van der Waals surface area contributed by atoms with Crippen LogP contribution in [0.15, 0.2) is 82.6 Å². The highest BCUT2D eigenvalue weighted by molar-refractivity contribution is 7.93. The van der Waals surface area contributed by atoms with Gasteiger partial charge in [-0.15, -0.1) is 0 Å². The lowest BCUT2D eigenvalue weighted by molar-refractivity contribution is -0.137. The molecular weight excluding hydrogens is 529 g/mol. The van der Waals surface area contributed by atoms with E-state index in [1.165, 1.54) is 42.5 Å². The van der Waals surface area contributed by atoms with E-state index in [1.807, 2.05) is 0 Å². The summed E-state index contributed by atoms with van der Waals surface area (Å²) >= 11 is 0. The fraction of sp³-hybridized carbons (Fsp3) is 0.240. The SMILES string of the molecule is Cc1ccc(S(=O)(=O)N(CC(=O)N[C@@H](C)c2ccc(S(C)(=O)=O)cc2)c2cccc(C(F)(F)F)c2)cc1. The molecule has 0 aliphatic carbocycles. The number of carbonyl (C=O) groups is 1. The van der Waals surface area contributed by atoms with Gasteiger partial charge in [-0.1, -0.05) is 35.9 Å². The second kappa shape index (κ2) is 10.5. The van der Waals surface area contributed by atoms with Crippen molar-refractivity contribution in [3.05, 3.63) is 89.5 Å². The van der Waals surface area contributed by atoms with Gasteiger partial charge < -0.3 is 5.32 Å². The third-order valence-corrected chi connectivity index (χ3v) is 8.46. The number of nitrogens with one attached hydrogen (secondary N) is 1. The Labute approximate surface area is 213 Å². The van der Waals surface area contributed by atoms with E-state index < -0.39 is 50.1 Å². The zero-order chi connectivity index (χ0) is 27.6. The van der Waals surface area contributed by atoms with E-state index in [-0.39, 0.29) is 15.5 Å². The van der Waals surface area contributed by atoms with Gasteiger partial charge in [0.1, 0.15) is 6.54 Å². The third-order valence-electron chi connectivity index (χ3n) is 5.54. The third kappa shape index (κ3) is 6.89. The molecule has 1 atom stereocenters. The molecule has 3 aromatic rings. The summed E-state index contributed by atoms with van der Waals surface area (Å²) in [5.41, 5.74) is -0.0599. The number of nitrogens with zero attached hydrogens (tertiary/aromatic N) is 1. The summed E-state index contributed by atoms with van der Waals surface area (Å²) in [5.74, 6) is -0.771. The summed E-state index contributed by atoms with van der Waals surface area (Å²) in [5, 5.41) is 2.62. The molecule has 0 aliphatic rings. The van der Waals surface area contributed by atoms with Gasteiger partial charge in [0.2, 0.25) is 5.91 Å². The van der Waals surface area contributed by atoms with E-state index in [1.54, 1.807) is 26.0 Å². The number of hydrogen-bond donors (Lipinski definition) is 1. The number of anilines is 1. The number of sulfone groups is 1. The molecule has 0 bridgehead atoms. The second-order valence-corrected chi connectivity index (χ2v) is 12.4. The van der Waals surface area contributed by atoms with Gasteiger partial charge in [0.15, 0.2) is 9.84 Å². The first-order valence-electron chi connectivity index (χ1n) is 10.9. The molecule has 0 heterocycles. The van der Waals surface area contributed by atoms with Crippen molar-refractivity contribution in [2.24, 2.45) is 0 Å². The Morgan fingerprint density at radius 3 is 2.03 bits per heavy atom. The second-order valence-electron chi connectivity index (χ2n) is 8.50. The zero-order valence-corrected chi connectivity index (χ0v) is 21.8. The molecule has 0 spiro atoms. The highest BCUT2D eigenvalue weighted by Crippen LogP contribution is 2.33. The number of halogens is 3. The smallest absolute Gasteiger partial charge is 0.348 e. The Kier molecular flexibility index (Phi) is 8.03. The number of aryl methyl sites for hydroxylation is 1. The molecule has 0 aromatic heterocycles. The first kappa shape index (κ1) is 28.2. The molecule has 3 aromatic carbocycles. The van der Waals surface area contributed by atoms with Crippen LogP contribution in [0, 0.1) is 6.92 Å². The Morgan fingerprint density at radius 2 is 1.49 bits per heavy atom. The Hall–Kier alpha value is -3.38. The molecule has 0 aliphatic heterocycles. The molecule has 37 heavy (non-hydrogen) atoms. The first-order chi connectivity index (χ1) is 17.1. The van der Waals surface area contributed by atoms with Gasteiger partial charge in [-0.2, -0.15) is 13.2 Å². The molecule has 0 saturated heterocycles. The fourth-order valence-electron chi connectivity index (χ4n) is 3.49. The van der Waals surface area contributed by atoms with Crippen LogP contribution in [0.3, 0.4) is 0 Å². The molecule has 7 nitrogen and oxygen atoms in total. The van der Waals surface area contributed by atoms with Crippen LogP contribution in [0.1, 0.15) is 29.7 Å². The van der Waals surface area contributed by atoms with Crippen LogP contribution in [-0.4, -0.2) is 35.5 Å². The first-order valence-corrected chi connectivity index (χ1v) is 14.3. The van der Waals surface area contributed by atoms with Crippen molar-refractivity contribution in [2.45, 2.75) is 35.9 Å². The number of carbonyl (C=O) groups excluding carboxylic acids is 1. The minimum absolute atomic E-state index is 0.0923. The highest BCUT2D eigenvalue weighted by atomic mass is 32.2. The van der Waals surface area contributed by atoms with E-state index in [2.05, 4.69) is 5.32 Å². The Bertz CT molecular complexity index is 1490. The maximum Gasteiger partial charge on any atom is 0.416 e. The summed E-state index contributed by atoms with van der Waals surface area (Å²) in [6.07, 6.45) is -3.66. The number of rotatable bonds is 8. The maximum absolute atomic E-state index is 13.4. The molecule has 0 unspecified atom stereocenters. The highest BCUT2D eigenvalue weighted by Gasteiger charge is 2.33. The lowest BCUT2D eigenvalue weighted by Crippen LogP contribution is -2.41. The van der Waals surface area contributed by atoms with Crippen LogP contribution in [0.4, 0.5) is 18.9 Å². The van der Waals surface area contributed by atoms with E-state index >= 15 is 0 Å². The molecule has 1 N–H and O–H groups in total. The topological polar surface area (TPSA) is 101 Å². The average molecular weight is 555 g/mol. The van der Waals surface area contributed by atoms with Crippen molar-refractivity contribution < 1.29 is 34.8 Å². The molecule has 1 amide bonds. The van der Waals surface area contributed by atoms with Crippen LogP contribution >= 0.6 is 0 Å². The van der Waals surface area contributed by atoms with Crippen molar-refractivity contribution in [2.75, 3.05) is 17.1 Å². The van der Waals surface area contributed by atoms with Gasteiger partial charge in [0.05, 0.1) is 27.1 Å². The minimum Gasteiger partial charge on any atom is -0.348 e. The van der Waals surface area contributed by atoms with Crippen LogP contribution in [0.2, 0.25) is 0 Å². The van der Waals surface area contributed by atoms with Crippen molar-refractivity contribution in [1.29, 1.82) is 0 Å². The van der Waals surface area contributed by atoms with Gasteiger partial charge in [0.25, 0.3) is 10.0 Å². The number of amides is 1. The minimum atomic E-state index is -4.72. The predicted molar refractivity (Wildman–Crippen MR) is 133 cm³/mol. The number of benzene rings is 3. The predicted octanol–water partition coefficient (Wildman–Crippen LogP) is 4.49. The normalized spacial score (nSPS) is 13.1. The summed E-state index contributed by atoms with van der Waals surface area (Å²) < 4.78 is 90.8. The number of sulfonamides is 1. The quantitative estimate of drug-likeness (QED) is 0.442. The van der Waals surface area contributed by atoms with Crippen LogP contribution in [0.5, 0.6) is 0 Å². The summed E-state index contributed by atoms with van der Waals surface area (Å²) in [7, 11) is -7.83. The number of alkyl halides is 3.